The van der Waals surface area contributed by atoms with Crippen molar-refractivity contribution in [3.05, 3.63) is 87.7 Å². The normalized spacial score (nSPS) is 16.5. The number of alkyl halides is 3. The lowest BCUT2D eigenvalue weighted by Crippen LogP contribution is -2.35. The maximum Gasteiger partial charge on any atom is 0.416 e. The van der Waals surface area contributed by atoms with Gasteiger partial charge in [0.15, 0.2) is 0 Å². The Morgan fingerprint density at radius 1 is 0.971 bits per heavy atom. The second-order valence-corrected chi connectivity index (χ2v) is 9.31. The average molecular weight is 498 g/mol. The lowest BCUT2D eigenvalue weighted by molar-refractivity contribution is -0.137. The van der Waals surface area contributed by atoms with Crippen molar-refractivity contribution in [1.82, 2.24) is 14.9 Å². The number of fused-ring (bicyclic) bond motifs is 1. The molecule has 4 nitrogen and oxygen atoms in total. The molecule has 4 aromatic rings. The van der Waals surface area contributed by atoms with Crippen LogP contribution in [0.15, 0.2) is 71.5 Å². The molecule has 0 saturated carbocycles. The SMILES string of the molecule is O=c1c2cc(-c3ccc(Cl)cc3)ccc2nc(-c2ccc(C(F)(F)F)cc2)n1C[C@H]1CCCNC1. The van der Waals surface area contributed by atoms with Gasteiger partial charge in [-0.3, -0.25) is 9.36 Å². The van der Waals surface area contributed by atoms with Crippen molar-refractivity contribution in [2.45, 2.75) is 25.6 Å². The zero-order valence-corrected chi connectivity index (χ0v) is 19.5. The summed E-state index contributed by atoms with van der Waals surface area (Å²) in [5.74, 6) is 0.606. The highest BCUT2D eigenvalue weighted by molar-refractivity contribution is 6.30. The summed E-state index contributed by atoms with van der Waals surface area (Å²) in [7, 11) is 0. The molecule has 0 amide bonds. The van der Waals surface area contributed by atoms with Crippen molar-refractivity contribution in [3.8, 4) is 22.5 Å². The van der Waals surface area contributed by atoms with Crippen molar-refractivity contribution in [3.63, 3.8) is 0 Å². The maximum atomic E-state index is 13.8. The standard InChI is InChI=1S/C27H23ClF3N3O/c28-22-10-5-18(6-11-22)20-7-12-24-23(14-20)26(35)34(16-17-2-1-13-32-15-17)25(33-24)19-3-8-21(9-4-19)27(29,30)31/h3-12,14,17,32H,1-2,13,15-16H2/t17-/m0/s1. The Bertz CT molecular complexity index is 1410. The Hall–Kier alpha value is -3.16. The maximum absolute atomic E-state index is 13.8. The molecule has 1 N–H and O–H groups in total. The van der Waals surface area contributed by atoms with Gasteiger partial charge in [-0.05, 0) is 79.4 Å². The minimum atomic E-state index is -4.43. The lowest BCUT2D eigenvalue weighted by Gasteiger charge is -2.25. The molecule has 0 radical (unpaired) electrons. The molecule has 35 heavy (non-hydrogen) atoms. The fraction of sp³-hybridized carbons (Fsp3) is 0.259. The second-order valence-electron chi connectivity index (χ2n) is 8.88. The van der Waals surface area contributed by atoms with Crippen LogP contribution in [-0.4, -0.2) is 22.6 Å². The van der Waals surface area contributed by atoms with Crippen LogP contribution in [0.2, 0.25) is 5.02 Å². The minimum absolute atomic E-state index is 0.203. The summed E-state index contributed by atoms with van der Waals surface area (Å²) in [5, 5.41) is 4.45. The van der Waals surface area contributed by atoms with Crippen molar-refractivity contribution < 1.29 is 13.2 Å². The first-order chi connectivity index (χ1) is 16.8. The van der Waals surface area contributed by atoms with Crippen molar-refractivity contribution in [1.29, 1.82) is 0 Å². The number of nitrogens with one attached hydrogen (secondary N) is 1. The summed E-state index contributed by atoms with van der Waals surface area (Å²) in [5.41, 5.74) is 1.82. The first-order valence-electron chi connectivity index (χ1n) is 11.5. The van der Waals surface area contributed by atoms with E-state index < -0.39 is 11.7 Å². The molecule has 0 unspecified atom stereocenters. The highest BCUT2D eigenvalue weighted by Gasteiger charge is 2.30. The van der Waals surface area contributed by atoms with Gasteiger partial charge in [0.2, 0.25) is 0 Å². The number of rotatable bonds is 4. The van der Waals surface area contributed by atoms with E-state index in [2.05, 4.69) is 5.32 Å². The van der Waals surface area contributed by atoms with E-state index in [1.165, 1.54) is 12.1 Å². The van der Waals surface area contributed by atoms with Gasteiger partial charge in [-0.2, -0.15) is 13.2 Å². The summed E-state index contributed by atoms with van der Waals surface area (Å²) < 4.78 is 40.9. The molecule has 3 aromatic carbocycles. The molecule has 0 aliphatic carbocycles. The number of piperidine rings is 1. The van der Waals surface area contributed by atoms with Crippen LogP contribution in [0.4, 0.5) is 13.2 Å². The predicted molar refractivity (Wildman–Crippen MR) is 132 cm³/mol. The van der Waals surface area contributed by atoms with E-state index in [-0.39, 0.29) is 11.5 Å². The zero-order valence-electron chi connectivity index (χ0n) is 18.8. The van der Waals surface area contributed by atoms with E-state index in [4.69, 9.17) is 16.6 Å². The third-order valence-corrected chi connectivity index (χ3v) is 6.69. The summed E-state index contributed by atoms with van der Waals surface area (Å²) in [6.07, 6.45) is -2.45. The lowest BCUT2D eigenvalue weighted by atomic mass is 9.99. The molecular formula is C27H23ClF3N3O. The van der Waals surface area contributed by atoms with E-state index in [0.717, 1.165) is 49.2 Å². The number of nitrogens with zero attached hydrogens (tertiary/aromatic N) is 2. The largest absolute Gasteiger partial charge is 0.416 e. The highest BCUT2D eigenvalue weighted by Crippen LogP contribution is 2.31. The molecule has 180 valence electrons. The number of hydrogen-bond acceptors (Lipinski definition) is 3. The van der Waals surface area contributed by atoms with E-state index in [1.54, 1.807) is 22.8 Å². The van der Waals surface area contributed by atoms with E-state index in [9.17, 15) is 18.0 Å². The molecule has 1 fully saturated rings. The van der Waals surface area contributed by atoms with Gasteiger partial charge in [0, 0.05) is 17.1 Å². The molecule has 0 spiro atoms. The van der Waals surface area contributed by atoms with Crippen LogP contribution in [0.5, 0.6) is 0 Å². The third kappa shape index (κ3) is 4.97. The van der Waals surface area contributed by atoms with Crippen LogP contribution >= 0.6 is 11.6 Å². The summed E-state index contributed by atoms with van der Waals surface area (Å²) in [6.45, 7) is 2.16. The Balaban J connectivity index is 1.64. The molecule has 1 aliphatic rings. The van der Waals surface area contributed by atoms with Crippen LogP contribution in [0, 0.1) is 5.92 Å². The number of halogens is 4. The minimum Gasteiger partial charge on any atom is -0.316 e. The van der Waals surface area contributed by atoms with Crippen molar-refractivity contribution in [2.24, 2.45) is 5.92 Å². The van der Waals surface area contributed by atoms with E-state index in [1.807, 2.05) is 24.3 Å². The van der Waals surface area contributed by atoms with Gasteiger partial charge < -0.3 is 5.32 Å². The number of hydrogen-bond donors (Lipinski definition) is 1. The van der Waals surface area contributed by atoms with Crippen LogP contribution < -0.4 is 10.9 Å². The smallest absolute Gasteiger partial charge is 0.316 e. The van der Waals surface area contributed by atoms with Crippen LogP contribution in [0.3, 0.4) is 0 Å². The number of benzene rings is 3. The monoisotopic (exact) mass is 497 g/mol. The van der Waals surface area contributed by atoms with Gasteiger partial charge in [0.25, 0.3) is 5.56 Å². The first kappa shape index (κ1) is 23.6. The molecule has 2 heterocycles. The van der Waals surface area contributed by atoms with Gasteiger partial charge in [-0.25, -0.2) is 4.98 Å². The molecule has 1 saturated heterocycles. The summed E-state index contributed by atoms with van der Waals surface area (Å²) >= 11 is 6.01. The second kappa shape index (κ2) is 9.47. The topological polar surface area (TPSA) is 46.9 Å². The Labute approximate surface area is 205 Å². The molecule has 1 aromatic heterocycles. The molecule has 8 heteroatoms. The highest BCUT2D eigenvalue weighted by atomic mass is 35.5. The van der Waals surface area contributed by atoms with Gasteiger partial charge in [-0.15, -0.1) is 0 Å². The zero-order chi connectivity index (χ0) is 24.6. The summed E-state index contributed by atoms with van der Waals surface area (Å²) in [6, 6.07) is 17.7. The predicted octanol–water partition coefficient (Wildman–Crippen LogP) is 6.40. The molecule has 5 rings (SSSR count). The molecule has 0 bridgehead atoms. The molecular weight excluding hydrogens is 475 g/mol. The molecule has 1 aliphatic heterocycles. The Morgan fingerprint density at radius 3 is 2.31 bits per heavy atom. The number of aromatic nitrogens is 2. The van der Waals surface area contributed by atoms with Crippen LogP contribution in [0.25, 0.3) is 33.4 Å². The van der Waals surface area contributed by atoms with E-state index >= 15 is 0 Å². The van der Waals surface area contributed by atoms with Crippen LogP contribution in [-0.2, 0) is 12.7 Å². The molecule has 1 atom stereocenters. The third-order valence-electron chi connectivity index (χ3n) is 6.44. The van der Waals surface area contributed by atoms with Gasteiger partial charge >= 0.3 is 6.18 Å². The Kier molecular flexibility index (Phi) is 6.38. The van der Waals surface area contributed by atoms with Gasteiger partial charge in [0.05, 0.1) is 16.5 Å². The summed E-state index contributed by atoms with van der Waals surface area (Å²) in [4.78, 5) is 18.5. The van der Waals surface area contributed by atoms with Crippen LogP contribution in [0.1, 0.15) is 18.4 Å². The first-order valence-corrected chi connectivity index (χ1v) is 11.9. The fourth-order valence-corrected chi connectivity index (χ4v) is 4.70. The Morgan fingerprint density at radius 2 is 1.66 bits per heavy atom. The van der Waals surface area contributed by atoms with E-state index in [0.29, 0.717) is 33.9 Å². The van der Waals surface area contributed by atoms with Gasteiger partial charge in [0.1, 0.15) is 5.82 Å². The average Bonchev–Trinajstić information content (AvgIpc) is 2.86. The fourth-order valence-electron chi connectivity index (χ4n) is 4.58. The van der Waals surface area contributed by atoms with Gasteiger partial charge in [-0.1, -0.05) is 41.9 Å². The quantitative estimate of drug-likeness (QED) is 0.355. The van der Waals surface area contributed by atoms with Crippen molar-refractivity contribution in [2.75, 3.05) is 13.1 Å². The van der Waals surface area contributed by atoms with Crippen molar-refractivity contribution >= 4 is 22.5 Å².